The lowest BCUT2D eigenvalue weighted by atomic mass is 9.94. The highest BCUT2D eigenvalue weighted by molar-refractivity contribution is 5.94. The van der Waals surface area contributed by atoms with E-state index in [1.165, 1.54) is 9.80 Å². The zero-order valence-corrected chi connectivity index (χ0v) is 17.5. The number of aromatic nitrogens is 1. The van der Waals surface area contributed by atoms with Crippen molar-refractivity contribution in [3.63, 3.8) is 0 Å². The van der Waals surface area contributed by atoms with Crippen LogP contribution in [-0.2, 0) is 4.74 Å². The van der Waals surface area contributed by atoms with E-state index in [0.717, 1.165) is 38.5 Å². The molecule has 1 aromatic heterocycles. The van der Waals surface area contributed by atoms with Crippen molar-refractivity contribution in [2.75, 3.05) is 27.2 Å². The Morgan fingerprint density at radius 3 is 2.17 bits per heavy atom. The molecule has 8 heteroatoms. The first-order chi connectivity index (χ1) is 13.8. The third kappa shape index (κ3) is 5.59. The van der Waals surface area contributed by atoms with Gasteiger partial charge in [-0.05, 0) is 51.5 Å². The maximum absolute atomic E-state index is 12.1. The molecule has 0 bridgehead atoms. The maximum atomic E-state index is 12.1. The largest absolute Gasteiger partial charge is 0.474 e. The van der Waals surface area contributed by atoms with Crippen molar-refractivity contribution >= 4 is 12.0 Å². The minimum Gasteiger partial charge on any atom is -0.474 e. The summed E-state index contributed by atoms with van der Waals surface area (Å²) < 4.78 is 12.3. The highest BCUT2D eigenvalue weighted by Gasteiger charge is 2.28. The van der Waals surface area contributed by atoms with Crippen molar-refractivity contribution in [1.29, 1.82) is 0 Å². The number of rotatable bonds is 5. The minimum atomic E-state index is -0.843. The number of pyridine rings is 1. The van der Waals surface area contributed by atoms with Gasteiger partial charge in [-0.2, -0.15) is 0 Å². The number of piperidine rings is 1. The summed E-state index contributed by atoms with van der Waals surface area (Å²) >= 11 is 0. The zero-order valence-electron chi connectivity index (χ0n) is 17.5. The summed E-state index contributed by atoms with van der Waals surface area (Å²) in [5.74, 6) is 0.497. The van der Waals surface area contributed by atoms with Gasteiger partial charge in [0.2, 0.25) is 5.88 Å². The molecule has 2 aliphatic rings. The van der Waals surface area contributed by atoms with Gasteiger partial charge in [0.1, 0.15) is 6.10 Å². The number of carboxylic acid groups (broad SMARTS) is 1. The number of hydrogen-bond donors (Lipinski definition) is 1. The Morgan fingerprint density at radius 1 is 1.03 bits per heavy atom. The van der Waals surface area contributed by atoms with Crippen LogP contribution in [0.15, 0.2) is 12.1 Å². The molecule has 2 fully saturated rings. The Hall–Kier alpha value is -2.35. The molecular weight excluding hydrogens is 374 g/mol. The predicted octanol–water partition coefficient (Wildman–Crippen LogP) is 2.94. The van der Waals surface area contributed by atoms with Crippen molar-refractivity contribution in [2.45, 2.75) is 63.8 Å². The molecule has 2 heterocycles. The number of likely N-dealkylation sites (tertiary alicyclic amines) is 1. The molecule has 2 amide bonds. The van der Waals surface area contributed by atoms with Gasteiger partial charge in [-0.15, -0.1) is 0 Å². The SMILES string of the molecule is Cc1nc(O[C@H]2CC[C@H](OC3CCN(C(=O)O)CC3)CC2)ccc1C(=O)N(C)C. The zero-order chi connectivity index (χ0) is 21.0. The van der Waals surface area contributed by atoms with E-state index in [1.54, 1.807) is 26.2 Å². The lowest BCUT2D eigenvalue weighted by molar-refractivity contribution is -0.0643. The topological polar surface area (TPSA) is 92.2 Å². The van der Waals surface area contributed by atoms with E-state index in [1.807, 2.05) is 6.92 Å². The molecule has 3 rings (SSSR count). The third-order valence-corrected chi connectivity index (χ3v) is 5.70. The van der Waals surface area contributed by atoms with E-state index >= 15 is 0 Å². The molecule has 1 aromatic rings. The van der Waals surface area contributed by atoms with E-state index in [0.29, 0.717) is 30.2 Å². The molecule has 8 nitrogen and oxygen atoms in total. The number of aryl methyl sites for hydroxylation is 1. The van der Waals surface area contributed by atoms with Crippen molar-refractivity contribution in [3.05, 3.63) is 23.4 Å². The third-order valence-electron chi connectivity index (χ3n) is 5.70. The maximum Gasteiger partial charge on any atom is 0.407 e. The molecular formula is C21H31N3O5. The smallest absolute Gasteiger partial charge is 0.407 e. The van der Waals surface area contributed by atoms with Crippen LogP contribution in [0.5, 0.6) is 5.88 Å². The molecule has 0 spiro atoms. The Balaban J connectivity index is 1.44. The molecule has 0 unspecified atom stereocenters. The highest BCUT2D eigenvalue weighted by atomic mass is 16.5. The Morgan fingerprint density at radius 2 is 1.62 bits per heavy atom. The minimum absolute atomic E-state index is 0.0617. The second kappa shape index (κ2) is 9.43. The number of carbonyl (C=O) groups excluding carboxylic acids is 1. The van der Waals surface area contributed by atoms with E-state index < -0.39 is 6.09 Å². The summed E-state index contributed by atoms with van der Waals surface area (Å²) in [6, 6.07) is 3.54. The first kappa shape index (κ1) is 21.4. The van der Waals surface area contributed by atoms with Gasteiger partial charge in [0.05, 0.1) is 23.5 Å². The van der Waals surface area contributed by atoms with Gasteiger partial charge in [-0.25, -0.2) is 9.78 Å². The monoisotopic (exact) mass is 405 g/mol. The summed E-state index contributed by atoms with van der Waals surface area (Å²) in [7, 11) is 3.45. The van der Waals surface area contributed by atoms with Gasteiger partial charge >= 0.3 is 6.09 Å². The molecule has 1 aliphatic heterocycles. The van der Waals surface area contributed by atoms with Crippen LogP contribution >= 0.6 is 0 Å². The second-order valence-electron chi connectivity index (χ2n) is 8.10. The number of ether oxygens (including phenoxy) is 2. The summed E-state index contributed by atoms with van der Waals surface area (Å²) in [5.41, 5.74) is 1.26. The van der Waals surface area contributed by atoms with E-state index in [-0.39, 0.29) is 24.2 Å². The summed E-state index contributed by atoms with van der Waals surface area (Å²) in [6.45, 7) is 2.93. The van der Waals surface area contributed by atoms with Crippen LogP contribution in [0.1, 0.15) is 54.6 Å². The van der Waals surface area contributed by atoms with Gasteiger partial charge < -0.3 is 24.4 Å². The van der Waals surface area contributed by atoms with Crippen LogP contribution in [0, 0.1) is 6.92 Å². The fraction of sp³-hybridized carbons (Fsp3) is 0.667. The quantitative estimate of drug-likeness (QED) is 0.810. The summed E-state index contributed by atoms with van der Waals surface area (Å²) in [5, 5.41) is 9.03. The number of hydrogen-bond acceptors (Lipinski definition) is 5. The molecule has 1 saturated carbocycles. The van der Waals surface area contributed by atoms with Crippen molar-refractivity contribution in [3.8, 4) is 5.88 Å². The van der Waals surface area contributed by atoms with Crippen molar-refractivity contribution < 1.29 is 24.2 Å². The summed E-state index contributed by atoms with van der Waals surface area (Å²) in [4.78, 5) is 30.5. The van der Waals surface area contributed by atoms with Crippen LogP contribution < -0.4 is 4.74 Å². The van der Waals surface area contributed by atoms with E-state index in [4.69, 9.17) is 14.6 Å². The van der Waals surface area contributed by atoms with Gasteiger partial charge in [-0.1, -0.05) is 0 Å². The molecule has 0 atom stereocenters. The second-order valence-corrected chi connectivity index (χ2v) is 8.10. The van der Waals surface area contributed by atoms with Gasteiger partial charge in [-0.3, -0.25) is 4.79 Å². The normalized spacial score (nSPS) is 22.9. The van der Waals surface area contributed by atoms with Crippen LogP contribution in [0.4, 0.5) is 4.79 Å². The van der Waals surface area contributed by atoms with E-state index in [2.05, 4.69) is 4.98 Å². The average molecular weight is 405 g/mol. The highest BCUT2D eigenvalue weighted by Crippen LogP contribution is 2.28. The van der Waals surface area contributed by atoms with Crippen LogP contribution in [-0.4, -0.2) is 77.4 Å². The lowest BCUT2D eigenvalue weighted by Gasteiger charge is -2.35. The van der Waals surface area contributed by atoms with Crippen molar-refractivity contribution in [1.82, 2.24) is 14.8 Å². The molecule has 29 heavy (non-hydrogen) atoms. The van der Waals surface area contributed by atoms with Crippen LogP contribution in [0.2, 0.25) is 0 Å². The standard InChI is InChI=1S/C21H31N3O5/c1-14-18(20(25)23(2)3)8-9-19(22-14)29-16-6-4-15(5-7-16)28-17-10-12-24(13-11-17)21(26)27/h8-9,15-17H,4-7,10-13H2,1-3H3,(H,26,27)/t15-,16-. The lowest BCUT2D eigenvalue weighted by Crippen LogP contribution is -2.41. The molecule has 1 aliphatic carbocycles. The first-order valence-electron chi connectivity index (χ1n) is 10.3. The fourth-order valence-electron chi connectivity index (χ4n) is 3.98. The average Bonchev–Trinajstić information content (AvgIpc) is 2.69. The van der Waals surface area contributed by atoms with Crippen LogP contribution in [0.25, 0.3) is 0 Å². The molecule has 0 aromatic carbocycles. The number of carbonyl (C=O) groups is 2. The molecule has 1 N–H and O–H groups in total. The number of nitrogens with zero attached hydrogens (tertiary/aromatic N) is 3. The molecule has 1 saturated heterocycles. The Kier molecular flexibility index (Phi) is 6.95. The number of amides is 2. The van der Waals surface area contributed by atoms with Gasteiger partial charge in [0.25, 0.3) is 5.91 Å². The van der Waals surface area contributed by atoms with E-state index in [9.17, 15) is 9.59 Å². The van der Waals surface area contributed by atoms with Crippen LogP contribution in [0.3, 0.4) is 0 Å². The first-order valence-corrected chi connectivity index (χ1v) is 10.3. The van der Waals surface area contributed by atoms with Gasteiger partial charge in [0, 0.05) is 33.3 Å². The fourth-order valence-corrected chi connectivity index (χ4v) is 3.98. The Bertz CT molecular complexity index is 723. The Labute approximate surface area is 171 Å². The molecule has 0 radical (unpaired) electrons. The predicted molar refractivity (Wildman–Crippen MR) is 107 cm³/mol. The van der Waals surface area contributed by atoms with Crippen molar-refractivity contribution in [2.24, 2.45) is 0 Å². The summed E-state index contributed by atoms with van der Waals surface area (Å²) in [6.07, 6.45) is 4.82. The van der Waals surface area contributed by atoms with Gasteiger partial charge in [0.15, 0.2) is 0 Å². The molecule has 160 valence electrons.